The number of benzene rings is 2. The van der Waals surface area contributed by atoms with E-state index in [0.29, 0.717) is 30.8 Å². The first-order chi connectivity index (χ1) is 21.3. The Bertz CT molecular complexity index is 1120. The minimum absolute atomic E-state index is 0.0712. The number of nitrogens with zero attached hydrogens (tertiary/aromatic N) is 3. The van der Waals surface area contributed by atoms with E-state index in [0.717, 1.165) is 82.7 Å². The van der Waals surface area contributed by atoms with Gasteiger partial charge in [0, 0.05) is 45.0 Å². The topological polar surface area (TPSA) is 65.1 Å². The number of piperidine rings is 1. The molecule has 7 heteroatoms. The number of hydrogen-bond acceptors (Lipinski definition) is 4. The minimum Gasteiger partial charge on any atom is -0.489 e. The van der Waals surface area contributed by atoms with Crippen molar-refractivity contribution in [3.63, 3.8) is 0 Å². The summed E-state index contributed by atoms with van der Waals surface area (Å²) in [6.45, 7) is 14.5. The molecule has 1 atom stereocenters. The van der Waals surface area contributed by atoms with Crippen LogP contribution >= 0.6 is 0 Å². The molecule has 0 aromatic heterocycles. The van der Waals surface area contributed by atoms with Crippen LogP contribution in [0.3, 0.4) is 0 Å². The quantitative estimate of drug-likeness (QED) is 0.260. The lowest BCUT2D eigenvalue weighted by Crippen LogP contribution is -2.54. The molecule has 2 aliphatic rings. The van der Waals surface area contributed by atoms with Crippen molar-refractivity contribution < 1.29 is 14.3 Å². The van der Waals surface area contributed by atoms with E-state index < -0.39 is 6.04 Å². The van der Waals surface area contributed by atoms with Crippen molar-refractivity contribution in [2.24, 2.45) is 17.8 Å². The van der Waals surface area contributed by atoms with Gasteiger partial charge in [-0.25, -0.2) is 4.79 Å². The van der Waals surface area contributed by atoms with Gasteiger partial charge in [0.05, 0.1) is 0 Å². The molecule has 2 aliphatic heterocycles. The molecule has 7 nitrogen and oxygen atoms in total. The number of carbonyl (C=O) groups is 2. The van der Waals surface area contributed by atoms with Gasteiger partial charge in [0.1, 0.15) is 18.4 Å². The van der Waals surface area contributed by atoms with Gasteiger partial charge in [0.2, 0.25) is 5.91 Å². The summed E-state index contributed by atoms with van der Waals surface area (Å²) in [5, 5.41) is 3.14. The zero-order valence-electron chi connectivity index (χ0n) is 27.7. The third-order valence-electron chi connectivity index (χ3n) is 9.03. The van der Waals surface area contributed by atoms with Crippen LogP contribution in [0.15, 0.2) is 54.6 Å². The Labute approximate surface area is 266 Å². The highest BCUT2D eigenvalue weighted by Gasteiger charge is 2.31. The van der Waals surface area contributed by atoms with Crippen LogP contribution in [0.4, 0.5) is 10.5 Å². The molecule has 0 radical (unpaired) electrons. The number of rotatable bonds is 13. The molecule has 0 saturated carbocycles. The Hall–Kier alpha value is -3.22. The van der Waals surface area contributed by atoms with Gasteiger partial charge in [-0.1, -0.05) is 70.9 Å². The van der Waals surface area contributed by atoms with E-state index >= 15 is 0 Å². The highest BCUT2D eigenvalue weighted by atomic mass is 16.5. The van der Waals surface area contributed by atoms with E-state index in [4.69, 9.17) is 4.74 Å². The van der Waals surface area contributed by atoms with Gasteiger partial charge in [-0.05, 0) is 86.1 Å². The molecule has 0 spiro atoms. The molecule has 0 bridgehead atoms. The number of urea groups is 1. The highest BCUT2D eigenvalue weighted by Crippen LogP contribution is 2.26. The van der Waals surface area contributed by atoms with Crippen LogP contribution in [0.5, 0.6) is 5.75 Å². The van der Waals surface area contributed by atoms with E-state index in [9.17, 15) is 9.59 Å². The van der Waals surface area contributed by atoms with E-state index in [1.54, 1.807) is 0 Å². The van der Waals surface area contributed by atoms with E-state index in [1.807, 2.05) is 28.0 Å². The maximum absolute atomic E-state index is 13.7. The number of amides is 3. The predicted molar refractivity (Wildman–Crippen MR) is 180 cm³/mol. The van der Waals surface area contributed by atoms with Gasteiger partial charge in [0.25, 0.3) is 0 Å². The molecule has 2 fully saturated rings. The molecule has 2 aromatic rings. The first-order valence-corrected chi connectivity index (χ1v) is 17.1. The average molecular weight is 605 g/mol. The second kappa shape index (κ2) is 17.3. The molecule has 2 heterocycles. The van der Waals surface area contributed by atoms with Crippen molar-refractivity contribution in [2.75, 3.05) is 44.2 Å². The molecule has 1 N–H and O–H groups in total. The number of ether oxygens (including phenoxy) is 1. The summed E-state index contributed by atoms with van der Waals surface area (Å²) >= 11 is 0. The van der Waals surface area contributed by atoms with Crippen molar-refractivity contribution in [1.82, 2.24) is 15.1 Å². The first-order valence-electron chi connectivity index (χ1n) is 17.1. The van der Waals surface area contributed by atoms with Crippen molar-refractivity contribution in [3.05, 3.63) is 60.2 Å². The molecule has 1 unspecified atom stereocenters. The Morgan fingerprint density at radius 3 is 2.11 bits per heavy atom. The summed E-state index contributed by atoms with van der Waals surface area (Å²) in [6, 6.07) is 18.3. The Kier molecular flexibility index (Phi) is 13.2. The molecular formula is C37H56N4O3. The molecule has 2 saturated heterocycles. The SMILES string of the molecule is CC(C)CCN(CC1CCN(C(=O)C(CC(C)C)NC(=O)N2CCCCCC2)CC1)c1ccc(OCc2ccccc2)cc1. The number of nitrogens with one attached hydrogen (secondary N) is 1. The van der Waals surface area contributed by atoms with Crippen molar-refractivity contribution >= 4 is 17.6 Å². The summed E-state index contributed by atoms with van der Waals surface area (Å²) in [5.74, 6) is 2.45. The van der Waals surface area contributed by atoms with Crippen LogP contribution in [-0.2, 0) is 11.4 Å². The first kappa shape index (κ1) is 33.7. The van der Waals surface area contributed by atoms with Crippen LogP contribution in [-0.4, -0.2) is 67.0 Å². The second-order valence-corrected chi connectivity index (χ2v) is 13.7. The Morgan fingerprint density at radius 1 is 0.841 bits per heavy atom. The number of anilines is 1. The van der Waals surface area contributed by atoms with Gasteiger partial charge in [-0.3, -0.25) is 4.79 Å². The van der Waals surface area contributed by atoms with E-state index in [-0.39, 0.29) is 11.9 Å². The molecule has 0 aliphatic carbocycles. The zero-order chi connectivity index (χ0) is 31.3. The normalized spacial score (nSPS) is 17.0. The second-order valence-electron chi connectivity index (χ2n) is 13.7. The zero-order valence-corrected chi connectivity index (χ0v) is 27.7. The third-order valence-corrected chi connectivity index (χ3v) is 9.03. The molecule has 44 heavy (non-hydrogen) atoms. The number of hydrogen-bond donors (Lipinski definition) is 1. The lowest BCUT2D eigenvalue weighted by Gasteiger charge is -2.38. The van der Waals surface area contributed by atoms with E-state index in [1.165, 1.54) is 18.5 Å². The molecule has 242 valence electrons. The standard InChI is InChI=1S/C37H56N4O3/c1-29(2)18-23-41(33-14-16-34(17-15-33)44-28-32-12-8-7-9-13-32)27-31-19-24-39(25-20-31)36(42)35(26-30(3)4)38-37(43)40-21-10-5-6-11-22-40/h7-9,12-17,29-31,35H,5-6,10-11,18-28H2,1-4H3,(H,38,43). The van der Waals surface area contributed by atoms with Crippen LogP contribution < -0.4 is 15.0 Å². The molecule has 4 rings (SSSR count). The number of likely N-dealkylation sites (tertiary alicyclic amines) is 2. The molecular weight excluding hydrogens is 548 g/mol. The molecule has 2 aromatic carbocycles. The van der Waals surface area contributed by atoms with Crippen LogP contribution in [0.2, 0.25) is 0 Å². The summed E-state index contributed by atoms with van der Waals surface area (Å²) in [4.78, 5) is 33.2. The fourth-order valence-electron chi connectivity index (χ4n) is 6.31. The fourth-order valence-corrected chi connectivity index (χ4v) is 6.31. The lowest BCUT2D eigenvalue weighted by molar-refractivity contribution is -0.135. The van der Waals surface area contributed by atoms with Gasteiger partial charge in [-0.2, -0.15) is 0 Å². The monoisotopic (exact) mass is 604 g/mol. The maximum atomic E-state index is 13.7. The number of carbonyl (C=O) groups excluding carboxylic acids is 2. The lowest BCUT2D eigenvalue weighted by atomic mass is 9.94. The smallest absolute Gasteiger partial charge is 0.318 e. The fraction of sp³-hybridized carbons (Fsp3) is 0.622. The Balaban J connectivity index is 1.32. The van der Waals surface area contributed by atoms with Crippen LogP contribution in [0, 0.1) is 17.8 Å². The van der Waals surface area contributed by atoms with Gasteiger partial charge in [-0.15, -0.1) is 0 Å². The summed E-state index contributed by atoms with van der Waals surface area (Å²) in [7, 11) is 0. The highest BCUT2D eigenvalue weighted by molar-refractivity contribution is 5.87. The van der Waals surface area contributed by atoms with Gasteiger partial charge in [0.15, 0.2) is 0 Å². The summed E-state index contributed by atoms with van der Waals surface area (Å²) in [5.41, 5.74) is 2.39. The average Bonchev–Trinajstić information content (AvgIpc) is 3.32. The maximum Gasteiger partial charge on any atom is 0.318 e. The van der Waals surface area contributed by atoms with Crippen molar-refractivity contribution in [2.45, 2.75) is 91.7 Å². The van der Waals surface area contributed by atoms with Crippen molar-refractivity contribution in [1.29, 1.82) is 0 Å². The summed E-state index contributed by atoms with van der Waals surface area (Å²) < 4.78 is 6.03. The minimum atomic E-state index is -0.451. The van der Waals surface area contributed by atoms with Gasteiger partial charge < -0.3 is 24.8 Å². The van der Waals surface area contributed by atoms with Crippen LogP contribution in [0.25, 0.3) is 0 Å². The van der Waals surface area contributed by atoms with Gasteiger partial charge >= 0.3 is 6.03 Å². The molecule has 3 amide bonds. The summed E-state index contributed by atoms with van der Waals surface area (Å²) in [6.07, 6.45) is 8.22. The van der Waals surface area contributed by atoms with Crippen molar-refractivity contribution in [3.8, 4) is 5.75 Å². The largest absolute Gasteiger partial charge is 0.489 e. The third kappa shape index (κ3) is 10.7. The Morgan fingerprint density at radius 2 is 1.50 bits per heavy atom. The van der Waals surface area contributed by atoms with E-state index in [2.05, 4.69) is 74.3 Å². The predicted octanol–water partition coefficient (Wildman–Crippen LogP) is 7.36. The van der Waals surface area contributed by atoms with Crippen LogP contribution in [0.1, 0.15) is 84.6 Å².